The molecule has 0 fully saturated rings. The number of hydrogen-bond donors (Lipinski definition) is 0. The molecule has 0 aromatic carbocycles. The van der Waals surface area contributed by atoms with Gasteiger partial charge in [-0.25, -0.2) is 0 Å². The fourth-order valence-electron chi connectivity index (χ4n) is 0. The summed E-state index contributed by atoms with van der Waals surface area (Å²) in [4.78, 5) is 9.26. The van der Waals surface area contributed by atoms with E-state index in [1.165, 1.54) is 6.92 Å². The molecule has 56 valence electrons. The van der Waals surface area contributed by atoms with Gasteiger partial charge < -0.3 is 33.9 Å². The van der Waals surface area contributed by atoms with Crippen molar-refractivity contribution >= 4 is 5.97 Å². The van der Waals surface area contributed by atoms with Crippen molar-refractivity contribution < 1.29 is 111 Å². The van der Waals surface area contributed by atoms with Crippen LogP contribution >= 0.6 is 0 Å². The van der Waals surface area contributed by atoms with Crippen LogP contribution < -0.4 is 66.8 Å². The number of rotatable bonds is 1. The van der Waals surface area contributed by atoms with Crippen molar-refractivity contribution in [2.45, 2.75) is 13.3 Å². The first-order valence-electron chi connectivity index (χ1n) is 1.47. The number of aliphatic carboxylic acids is 1. The Morgan fingerprint density at radius 1 is 1.30 bits per heavy atom. The Labute approximate surface area is 128 Å². The molecule has 0 spiro atoms. The molecule has 0 aliphatic carbocycles. The molecule has 2 radical (unpaired) electrons. The van der Waals surface area contributed by atoms with Crippen LogP contribution in [0.15, 0.2) is 0 Å². The van der Waals surface area contributed by atoms with Gasteiger partial charge in [0.2, 0.25) is 0 Å². The summed E-state index contributed by atoms with van der Waals surface area (Å²) in [5.41, 5.74) is 0. The molecule has 0 aliphatic heterocycles. The number of carbonyl (C=O) groups excluding carboxylic acids is 1. The van der Waals surface area contributed by atoms with Gasteiger partial charge in [-0.05, 0) is 6.42 Å². The minimum atomic E-state index is -0.995. The maximum Gasteiger partial charge on any atom is 1.00 e. The zero-order chi connectivity index (χ0) is 4.28. The topological polar surface area (TPSA) is 40.1 Å². The molecule has 10 heavy (non-hydrogen) atoms. The van der Waals surface area contributed by atoms with E-state index < -0.39 is 5.97 Å². The minimum absolute atomic E-state index is 0. The van der Waals surface area contributed by atoms with Gasteiger partial charge in [0.05, 0.1) is 0 Å². The molecule has 0 bridgehead atoms. The zero-order valence-corrected chi connectivity index (χ0v) is 11.5. The van der Waals surface area contributed by atoms with E-state index in [1.807, 2.05) is 0 Å². The van der Waals surface area contributed by atoms with E-state index in [9.17, 15) is 9.90 Å². The first kappa shape index (κ1) is 38.8. The van der Waals surface area contributed by atoms with E-state index in [2.05, 4.69) is 0 Å². The average Bonchev–Trinajstić information content (AvgIpc) is 1.38. The Hall–Kier alpha value is 2.64. The summed E-state index contributed by atoms with van der Waals surface area (Å²) >= 11 is 0. The smallest absolute Gasteiger partial charge is 1.00 e. The zero-order valence-electron chi connectivity index (χ0n) is 6.07. The second-order valence-electron chi connectivity index (χ2n) is 0.726. The Morgan fingerprint density at radius 2 is 1.40 bits per heavy atom. The fraction of sp³-hybridized carbons (Fsp3) is 0.667. The van der Waals surface area contributed by atoms with Gasteiger partial charge in [0.1, 0.15) is 0 Å². The number of carboxylic acids is 1. The largest absolute Gasteiger partial charge is 1.00 e. The Balaban J connectivity index is -0.00000000800. The Kier molecular flexibility index (Phi) is 116. The third-order valence-electron chi connectivity index (χ3n) is 0.289. The molecule has 0 aliphatic rings. The van der Waals surface area contributed by atoms with E-state index in [0.29, 0.717) is 0 Å². The molecule has 0 heterocycles. The SMILES string of the molecule is CCC(=O)[O-].[I-].[Li+].[Li+].[Rh].[Rh]. The third-order valence-corrected chi connectivity index (χ3v) is 0.289. The molecule has 0 aromatic heterocycles. The molecular formula is C3H5ILi2O2Rh2. The molecule has 7 heteroatoms. The van der Waals surface area contributed by atoms with Gasteiger partial charge in [0.15, 0.2) is 0 Å². The van der Waals surface area contributed by atoms with Gasteiger partial charge in [0.25, 0.3) is 0 Å². The van der Waals surface area contributed by atoms with Crippen LogP contribution in [0.5, 0.6) is 0 Å². The van der Waals surface area contributed by atoms with Gasteiger partial charge in [-0.1, -0.05) is 6.92 Å². The normalized spacial score (nSPS) is 3.70. The summed E-state index contributed by atoms with van der Waals surface area (Å²) < 4.78 is 0. The van der Waals surface area contributed by atoms with Crippen LogP contribution in [0.3, 0.4) is 0 Å². The standard InChI is InChI=1S/C3H6O2.HI.2Li.2Rh/c1-2-3(4)5;;;;;/h2H2,1H3,(H,4,5);1H;;;;/q;;2*+1;;/p-2. The molecule has 0 amide bonds. The van der Waals surface area contributed by atoms with Crippen molar-refractivity contribution in [3.63, 3.8) is 0 Å². The van der Waals surface area contributed by atoms with Crippen molar-refractivity contribution in [1.82, 2.24) is 0 Å². The molecular weight excluding hydrogens is 415 g/mol. The molecule has 0 aromatic rings. The minimum Gasteiger partial charge on any atom is -1.00 e. The van der Waals surface area contributed by atoms with Crippen molar-refractivity contribution in [2.24, 2.45) is 0 Å². The van der Waals surface area contributed by atoms with Crippen LogP contribution in [0.4, 0.5) is 0 Å². The van der Waals surface area contributed by atoms with Gasteiger partial charge >= 0.3 is 37.7 Å². The first-order valence-corrected chi connectivity index (χ1v) is 1.47. The number of carbonyl (C=O) groups is 1. The second kappa shape index (κ2) is 29.9. The predicted octanol–water partition coefficient (Wildman–Crippen LogP) is -9.85. The number of hydrogen-bond acceptors (Lipinski definition) is 2. The maximum atomic E-state index is 9.26. The summed E-state index contributed by atoms with van der Waals surface area (Å²) in [6, 6.07) is 0. The fourth-order valence-corrected chi connectivity index (χ4v) is 0. The average molecular weight is 420 g/mol. The van der Waals surface area contributed by atoms with Gasteiger partial charge in [-0.3, -0.25) is 0 Å². The molecule has 0 unspecified atom stereocenters. The third kappa shape index (κ3) is 45.9. The van der Waals surface area contributed by atoms with Gasteiger partial charge in [0, 0.05) is 44.9 Å². The summed E-state index contributed by atoms with van der Waals surface area (Å²) in [5, 5.41) is 9.26. The Morgan fingerprint density at radius 3 is 1.40 bits per heavy atom. The number of carboxylic acid groups (broad SMARTS) is 1. The molecule has 0 atom stereocenters. The monoisotopic (exact) mass is 420 g/mol. The van der Waals surface area contributed by atoms with Crippen LogP contribution in [-0.4, -0.2) is 5.97 Å². The van der Waals surface area contributed by atoms with Crippen molar-refractivity contribution in [3.8, 4) is 0 Å². The van der Waals surface area contributed by atoms with Crippen LogP contribution in [0, 0.1) is 0 Å². The molecule has 0 N–H and O–H groups in total. The number of halogens is 1. The summed E-state index contributed by atoms with van der Waals surface area (Å²) in [7, 11) is 0. The van der Waals surface area contributed by atoms with Gasteiger partial charge in [-0.2, -0.15) is 0 Å². The van der Waals surface area contributed by atoms with Crippen LogP contribution in [0.1, 0.15) is 13.3 Å². The van der Waals surface area contributed by atoms with Crippen molar-refractivity contribution in [3.05, 3.63) is 0 Å². The summed E-state index contributed by atoms with van der Waals surface area (Å²) in [6.07, 6.45) is 0.111. The maximum absolute atomic E-state index is 9.26. The second-order valence-corrected chi connectivity index (χ2v) is 0.726. The van der Waals surface area contributed by atoms with Crippen molar-refractivity contribution in [1.29, 1.82) is 0 Å². The predicted molar refractivity (Wildman–Crippen MR) is 15.3 cm³/mol. The molecule has 2 nitrogen and oxygen atoms in total. The van der Waals surface area contributed by atoms with E-state index in [0.717, 1.165) is 0 Å². The van der Waals surface area contributed by atoms with Crippen LogP contribution in [0.2, 0.25) is 0 Å². The molecule has 0 saturated heterocycles. The quantitative estimate of drug-likeness (QED) is 0.313. The summed E-state index contributed by atoms with van der Waals surface area (Å²) in [6.45, 7) is 1.54. The van der Waals surface area contributed by atoms with Gasteiger partial charge in [-0.15, -0.1) is 0 Å². The van der Waals surface area contributed by atoms with E-state index in [1.54, 1.807) is 0 Å². The molecule has 0 saturated carbocycles. The van der Waals surface area contributed by atoms with Crippen LogP contribution in [-0.2, 0) is 43.8 Å². The van der Waals surface area contributed by atoms with E-state index in [-0.39, 0.29) is 107 Å². The van der Waals surface area contributed by atoms with E-state index >= 15 is 0 Å². The van der Waals surface area contributed by atoms with Crippen molar-refractivity contribution in [2.75, 3.05) is 0 Å². The van der Waals surface area contributed by atoms with Crippen LogP contribution in [0.25, 0.3) is 0 Å². The first-order chi connectivity index (χ1) is 2.27. The molecule has 0 rings (SSSR count). The van der Waals surface area contributed by atoms with E-state index in [4.69, 9.17) is 0 Å². The Bertz CT molecular complexity index is 57.8. The summed E-state index contributed by atoms with van der Waals surface area (Å²) in [5.74, 6) is -0.995.